The van der Waals surface area contributed by atoms with Crippen LogP contribution in [0.1, 0.15) is 12.0 Å². The Bertz CT molecular complexity index is 479. The molecule has 1 N–H and O–H groups in total. The SMILES string of the molecule is Cc1ccc(N2CCN(C)C(CC(=O)O)C2)cc1Br. The van der Waals surface area contributed by atoms with Gasteiger partial charge in [-0.05, 0) is 31.7 Å². The Hall–Kier alpha value is -1.07. The Morgan fingerprint density at radius 2 is 2.21 bits per heavy atom. The molecule has 1 aromatic carbocycles. The van der Waals surface area contributed by atoms with E-state index in [0.717, 1.165) is 29.8 Å². The molecule has 1 aliphatic rings. The molecule has 1 saturated heterocycles. The minimum atomic E-state index is -0.733. The van der Waals surface area contributed by atoms with E-state index in [1.807, 2.05) is 7.05 Å². The number of rotatable bonds is 3. The predicted octanol–water partition coefficient (Wildman–Crippen LogP) is 2.35. The summed E-state index contributed by atoms with van der Waals surface area (Å²) in [5, 5.41) is 8.97. The second-order valence-corrected chi connectivity index (χ2v) is 5.97. The summed E-state index contributed by atoms with van der Waals surface area (Å²) in [6.45, 7) is 4.65. The monoisotopic (exact) mass is 326 g/mol. The number of carboxylic acids is 1. The van der Waals surface area contributed by atoms with E-state index in [0.29, 0.717) is 0 Å². The lowest BCUT2D eigenvalue weighted by Crippen LogP contribution is -2.52. The predicted molar refractivity (Wildman–Crippen MR) is 79.8 cm³/mol. The van der Waals surface area contributed by atoms with Gasteiger partial charge in [-0.15, -0.1) is 0 Å². The van der Waals surface area contributed by atoms with Crippen LogP contribution in [0.2, 0.25) is 0 Å². The number of nitrogens with zero attached hydrogens (tertiary/aromatic N) is 2. The lowest BCUT2D eigenvalue weighted by Gasteiger charge is -2.40. The van der Waals surface area contributed by atoms with E-state index in [-0.39, 0.29) is 12.5 Å². The van der Waals surface area contributed by atoms with Gasteiger partial charge in [0.05, 0.1) is 6.42 Å². The topological polar surface area (TPSA) is 43.8 Å². The molecule has 1 aliphatic heterocycles. The van der Waals surface area contributed by atoms with E-state index in [1.54, 1.807) is 0 Å². The molecular formula is C14H19BrN2O2. The van der Waals surface area contributed by atoms with Gasteiger partial charge in [-0.1, -0.05) is 22.0 Å². The zero-order chi connectivity index (χ0) is 14.0. The largest absolute Gasteiger partial charge is 0.481 e. The number of anilines is 1. The molecule has 1 unspecified atom stereocenters. The van der Waals surface area contributed by atoms with Crippen molar-refractivity contribution in [1.29, 1.82) is 0 Å². The smallest absolute Gasteiger partial charge is 0.305 e. The van der Waals surface area contributed by atoms with Crippen molar-refractivity contribution < 1.29 is 9.90 Å². The first-order chi connectivity index (χ1) is 8.97. The summed E-state index contributed by atoms with van der Waals surface area (Å²) >= 11 is 3.55. The molecular weight excluding hydrogens is 308 g/mol. The van der Waals surface area contributed by atoms with Crippen LogP contribution in [0.3, 0.4) is 0 Å². The number of aliphatic carboxylic acids is 1. The van der Waals surface area contributed by atoms with Crippen LogP contribution in [0.25, 0.3) is 0 Å². The van der Waals surface area contributed by atoms with Crippen molar-refractivity contribution in [2.45, 2.75) is 19.4 Å². The molecule has 0 spiro atoms. The van der Waals surface area contributed by atoms with E-state index in [1.165, 1.54) is 5.56 Å². The van der Waals surface area contributed by atoms with Gasteiger partial charge in [-0.3, -0.25) is 9.69 Å². The number of piperazine rings is 1. The Balaban J connectivity index is 2.12. The highest BCUT2D eigenvalue weighted by atomic mass is 79.9. The average Bonchev–Trinajstić information content (AvgIpc) is 2.35. The minimum absolute atomic E-state index is 0.0753. The second kappa shape index (κ2) is 5.92. The highest BCUT2D eigenvalue weighted by molar-refractivity contribution is 9.10. The summed E-state index contributed by atoms with van der Waals surface area (Å²) < 4.78 is 1.10. The Labute approximate surface area is 122 Å². The Morgan fingerprint density at radius 3 is 2.84 bits per heavy atom. The van der Waals surface area contributed by atoms with Crippen LogP contribution >= 0.6 is 15.9 Å². The number of hydrogen-bond donors (Lipinski definition) is 1. The van der Waals surface area contributed by atoms with Crippen LogP contribution < -0.4 is 4.90 Å². The first-order valence-electron chi connectivity index (χ1n) is 6.40. The van der Waals surface area contributed by atoms with Gasteiger partial charge in [-0.2, -0.15) is 0 Å². The number of benzene rings is 1. The zero-order valence-electron chi connectivity index (χ0n) is 11.3. The normalized spacial score (nSPS) is 20.6. The van der Waals surface area contributed by atoms with Crippen LogP contribution in [-0.4, -0.2) is 48.7 Å². The number of aryl methyl sites for hydroxylation is 1. The molecule has 0 radical (unpaired) electrons. The summed E-state index contributed by atoms with van der Waals surface area (Å²) in [5.41, 5.74) is 2.36. The van der Waals surface area contributed by atoms with Gasteiger partial charge in [0.1, 0.15) is 0 Å². The van der Waals surface area contributed by atoms with Crippen LogP contribution in [0, 0.1) is 6.92 Å². The summed E-state index contributed by atoms with van der Waals surface area (Å²) in [6.07, 6.45) is 0.194. The first kappa shape index (κ1) is 14.3. The van der Waals surface area contributed by atoms with Crippen LogP contribution in [0.15, 0.2) is 22.7 Å². The maximum atomic E-state index is 10.9. The van der Waals surface area contributed by atoms with E-state index >= 15 is 0 Å². The summed E-state index contributed by atoms with van der Waals surface area (Å²) in [6, 6.07) is 6.37. The zero-order valence-corrected chi connectivity index (χ0v) is 12.9. The maximum Gasteiger partial charge on any atom is 0.305 e. The molecule has 1 heterocycles. The molecule has 0 bridgehead atoms. The maximum absolute atomic E-state index is 10.9. The molecule has 0 saturated carbocycles. The Kier molecular flexibility index (Phi) is 4.47. The van der Waals surface area contributed by atoms with Gasteiger partial charge in [-0.25, -0.2) is 0 Å². The summed E-state index contributed by atoms with van der Waals surface area (Å²) in [7, 11) is 2.00. The molecule has 0 aliphatic carbocycles. The fourth-order valence-corrected chi connectivity index (χ4v) is 2.75. The molecule has 1 aromatic rings. The van der Waals surface area contributed by atoms with Gasteiger partial charge in [0.15, 0.2) is 0 Å². The van der Waals surface area contributed by atoms with Crippen molar-refractivity contribution in [3.63, 3.8) is 0 Å². The van der Waals surface area contributed by atoms with Crippen molar-refractivity contribution in [2.75, 3.05) is 31.6 Å². The number of hydrogen-bond acceptors (Lipinski definition) is 3. The highest BCUT2D eigenvalue weighted by Gasteiger charge is 2.26. The molecule has 1 fully saturated rings. The standard InChI is InChI=1S/C14H19BrN2O2/c1-10-3-4-11(7-13(10)15)17-6-5-16(2)12(9-17)8-14(18)19/h3-4,7,12H,5-6,8-9H2,1-2H3,(H,18,19). The van der Waals surface area contributed by atoms with Gasteiger partial charge < -0.3 is 10.0 Å². The third kappa shape index (κ3) is 3.48. The van der Waals surface area contributed by atoms with Crippen molar-refractivity contribution in [1.82, 2.24) is 4.90 Å². The first-order valence-corrected chi connectivity index (χ1v) is 7.20. The van der Waals surface area contributed by atoms with Crippen molar-refractivity contribution in [3.05, 3.63) is 28.2 Å². The second-order valence-electron chi connectivity index (χ2n) is 5.11. The van der Waals surface area contributed by atoms with Crippen LogP contribution in [-0.2, 0) is 4.79 Å². The van der Waals surface area contributed by atoms with Gasteiger partial charge >= 0.3 is 5.97 Å². The number of halogens is 1. The van der Waals surface area contributed by atoms with Gasteiger partial charge in [0.2, 0.25) is 0 Å². The quantitative estimate of drug-likeness (QED) is 0.926. The third-order valence-electron chi connectivity index (χ3n) is 3.71. The summed E-state index contributed by atoms with van der Waals surface area (Å²) in [4.78, 5) is 15.3. The fraction of sp³-hybridized carbons (Fsp3) is 0.500. The fourth-order valence-electron chi connectivity index (χ4n) is 2.38. The molecule has 2 rings (SSSR count). The molecule has 0 amide bonds. The minimum Gasteiger partial charge on any atom is -0.481 e. The molecule has 5 heteroatoms. The van der Waals surface area contributed by atoms with E-state index in [2.05, 4.69) is 50.9 Å². The third-order valence-corrected chi connectivity index (χ3v) is 4.56. The van der Waals surface area contributed by atoms with Crippen molar-refractivity contribution in [3.8, 4) is 0 Å². The highest BCUT2D eigenvalue weighted by Crippen LogP contribution is 2.25. The van der Waals surface area contributed by atoms with Crippen molar-refractivity contribution in [2.24, 2.45) is 0 Å². The molecule has 4 nitrogen and oxygen atoms in total. The molecule has 104 valence electrons. The van der Waals surface area contributed by atoms with E-state index in [9.17, 15) is 4.79 Å². The lowest BCUT2D eigenvalue weighted by molar-refractivity contribution is -0.138. The molecule has 1 atom stereocenters. The number of likely N-dealkylation sites (N-methyl/N-ethyl adjacent to an activating group) is 1. The number of carbonyl (C=O) groups is 1. The van der Waals surface area contributed by atoms with Crippen LogP contribution in [0.4, 0.5) is 5.69 Å². The van der Waals surface area contributed by atoms with Crippen LogP contribution in [0.5, 0.6) is 0 Å². The van der Waals surface area contributed by atoms with Gasteiger partial charge in [0, 0.05) is 35.8 Å². The summed E-state index contributed by atoms with van der Waals surface area (Å²) in [5.74, 6) is -0.733. The van der Waals surface area contributed by atoms with E-state index < -0.39 is 5.97 Å². The molecule has 0 aromatic heterocycles. The number of carboxylic acid groups (broad SMARTS) is 1. The van der Waals surface area contributed by atoms with Crippen molar-refractivity contribution >= 4 is 27.6 Å². The molecule has 19 heavy (non-hydrogen) atoms. The van der Waals surface area contributed by atoms with Gasteiger partial charge in [0.25, 0.3) is 0 Å². The Morgan fingerprint density at radius 1 is 1.47 bits per heavy atom. The van der Waals surface area contributed by atoms with E-state index in [4.69, 9.17) is 5.11 Å². The average molecular weight is 327 g/mol. The lowest BCUT2D eigenvalue weighted by atomic mass is 10.1.